The number of carbonyl (C=O) groups excluding carboxylic acids is 1. The Morgan fingerprint density at radius 3 is 2.46 bits per heavy atom. The Kier molecular flexibility index (Phi) is 4.41. The zero-order valence-electron chi connectivity index (χ0n) is 15.7. The van der Waals surface area contributed by atoms with Crippen LogP contribution in [0.15, 0.2) is 53.9 Å². The molecule has 7 nitrogen and oxygen atoms in total. The average Bonchev–Trinajstić information content (AvgIpc) is 2.88. The van der Waals surface area contributed by atoms with Crippen LogP contribution in [0.2, 0.25) is 0 Å². The third kappa shape index (κ3) is 2.95. The molecule has 1 atom stereocenters. The lowest BCUT2D eigenvalue weighted by Gasteiger charge is -2.20. The van der Waals surface area contributed by atoms with Gasteiger partial charge >= 0.3 is 0 Å². The summed E-state index contributed by atoms with van der Waals surface area (Å²) in [6, 6.07) is 7.51. The smallest absolute Gasteiger partial charge is 0.241 e. The lowest BCUT2D eigenvalue weighted by atomic mass is 9.85. The SMILES string of the molecule is Cc1ncc(-c2ccc3c(c2)N(c2cncc([S+](N)[O-])c2)C(=O)C3(C)C)cn1. The molecule has 0 saturated heterocycles. The zero-order valence-corrected chi connectivity index (χ0v) is 16.5. The van der Waals surface area contributed by atoms with E-state index in [0.717, 1.165) is 22.4 Å². The number of aromatic nitrogens is 3. The highest BCUT2D eigenvalue weighted by Gasteiger charge is 2.45. The number of carbonyl (C=O) groups is 1. The Morgan fingerprint density at radius 1 is 1.07 bits per heavy atom. The van der Waals surface area contributed by atoms with Crippen LogP contribution in [0.4, 0.5) is 11.4 Å². The van der Waals surface area contributed by atoms with Gasteiger partial charge in [-0.05, 0) is 38.0 Å². The van der Waals surface area contributed by atoms with Gasteiger partial charge < -0.3 is 4.55 Å². The largest absolute Gasteiger partial charge is 0.593 e. The van der Waals surface area contributed by atoms with Gasteiger partial charge in [0.05, 0.1) is 40.5 Å². The molecule has 1 amide bonds. The van der Waals surface area contributed by atoms with Crippen LogP contribution in [0, 0.1) is 6.92 Å². The molecule has 0 spiro atoms. The van der Waals surface area contributed by atoms with Crippen LogP contribution in [0.3, 0.4) is 0 Å². The van der Waals surface area contributed by atoms with Crippen LogP contribution >= 0.6 is 0 Å². The number of benzene rings is 1. The van der Waals surface area contributed by atoms with Crippen LogP contribution in [0.25, 0.3) is 11.1 Å². The van der Waals surface area contributed by atoms with Gasteiger partial charge in [-0.25, -0.2) is 9.97 Å². The topological polar surface area (TPSA) is 108 Å². The number of pyridine rings is 1. The Hall–Kier alpha value is -2.81. The highest BCUT2D eigenvalue weighted by molar-refractivity contribution is 7.89. The molecule has 1 unspecified atom stereocenters. The minimum absolute atomic E-state index is 0.0819. The zero-order chi connectivity index (χ0) is 20.1. The fourth-order valence-corrected chi connectivity index (χ4v) is 3.77. The van der Waals surface area contributed by atoms with Crippen molar-refractivity contribution in [3.63, 3.8) is 0 Å². The number of rotatable bonds is 3. The molecule has 1 aliphatic heterocycles. The van der Waals surface area contributed by atoms with Crippen molar-refractivity contribution < 1.29 is 9.35 Å². The minimum atomic E-state index is -1.68. The molecular formula is C20H19N5O2S. The maximum atomic E-state index is 13.2. The summed E-state index contributed by atoms with van der Waals surface area (Å²) in [4.78, 5) is 27.8. The Labute approximate surface area is 166 Å². The standard InChI is InChI=1S/C20H19N5O2S/c1-12-23-8-14(9-24-12)13-4-5-17-18(6-13)25(19(26)20(17,2)3)15-7-16(28(21)27)11-22-10-15/h4-11H,21H2,1-3H3. The summed E-state index contributed by atoms with van der Waals surface area (Å²) in [6.07, 6.45) is 6.53. The first kappa shape index (κ1) is 18.5. The number of hydrogen-bond acceptors (Lipinski definition) is 6. The second-order valence-corrected chi connectivity index (χ2v) is 8.26. The number of anilines is 2. The summed E-state index contributed by atoms with van der Waals surface area (Å²) in [5.41, 5.74) is 3.27. The average molecular weight is 393 g/mol. The number of hydrogen-bond donors (Lipinski definition) is 1. The van der Waals surface area contributed by atoms with Gasteiger partial charge in [0, 0.05) is 24.0 Å². The summed E-state index contributed by atoms with van der Waals surface area (Å²) in [7, 11) is 0. The first-order chi connectivity index (χ1) is 13.3. The maximum absolute atomic E-state index is 13.2. The van der Waals surface area contributed by atoms with Crippen LogP contribution in [-0.4, -0.2) is 25.4 Å². The van der Waals surface area contributed by atoms with Gasteiger partial charge in [-0.2, -0.15) is 0 Å². The molecule has 0 saturated carbocycles. The maximum Gasteiger partial charge on any atom is 0.241 e. The fraction of sp³-hybridized carbons (Fsp3) is 0.200. The highest BCUT2D eigenvalue weighted by Crippen LogP contribution is 2.46. The van der Waals surface area contributed by atoms with E-state index in [1.807, 2.05) is 39.0 Å². The number of fused-ring (bicyclic) bond motifs is 1. The fourth-order valence-electron chi connectivity index (χ4n) is 3.37. The molecule has 0 bridgehead atoms. The van der Waals surface area contributed by atoms with Crippen molar-refractivity contribution in [3.8, 4) is 11.1 Å². The molecule has 3 aromatic rings. The van der Waals surface area contributed by atoms with E-state index in [9.17, 15) is 9.35 Å². The molecule has 4 rings (SSSR count). The first-order valence-electron chi connectivity index (χ1n) is 8.68. The van der Waals surface area contributed by atoms with Crippen molar-refractivity contribution in [2.45, 2.75) is 31.1 Å². The van der Waals surface area contributed by atoms with E-state index >= 15 is 0 Å². The van der Waals surface area contributed by atoms with Crippen LogP contribution in [0.5, 0.6) is 0 Å². The molecule has 0 aliphatic carbocycles. The van der Waals surface area contributed by atoms with E-state index < -0.39 is 16.8 Å². The molecule has 2 aromatic heterocycles. The molecular weight excluding hydrogens is 374 g/mol. The van der Waals surface area contributed by atoms with Gasteiger partial charge in [0.2, 0.25) is 5.91 Å². The summed E-state index contributed by atoms with van der Waals surface area (Å²) >= 11 is -1.68. The van der Waals surface area contributed by atoms with Gasteiger partial charge in [-0.3, -0.25) is 14.7 Å². The summed E-state index contributed by atoms with van der Waals surface area (Å²) in [5.74, 6) is 0.613. The van der Waals surface area contributed by atoms with Gasteiger partial charge in [0.15, 0.2) is 4.90 Å². The first-order valence-corrected chi connectivity index (χ1v) is 9.89. The second kappa shape index (κ2) is 6.66. The van der Waals surface area contributed by atoms with E-state index in [1.165, 1.54) is 6.20 Å². The number of nitrogens with zero attached hydrogens (tertiary/aromatic N) is 4. The predicted octanol–water partition coefficient (Wildman–Crippen LogP) is 2.78. The minimum Gasteiger partial charge on any atom is -0.593 e. The lowest BCUT2D eigenvalue weighted by Crippen LogP contribution is -2.33. The Bertz CT molecular complexity index is 1070. The van der Waals surface area contributed by atoms with Crippen molar-refractivity contribution in [1.82, 2.24) is 15.0 Å². The monoisotopic (exact) mass is 393 g/mol. The Morgan fingerprint density at radius 2 is 1.79 bits per heavy atom. The highest BCUT2D eigenvalue weighted by atomic mass is 32.2. The van der Waals surface area contributed by atoms with Crippen LogP contribution < -0.4 is 10.0 Å². The Balaban J connectivity index is 1.87. The van der Waals surface area contributed by atoms with E-state index in [-0.39, 0.29) is 5.91 Å². The van der Waals surface area contributed by atoms with Crippen molar-refractivity contribution >= 4 is 28.6 Å². The van der Waals surface area contributed by atoms with E-state index in [1.54, 1.807) is 29.6 Å². The quantitative estimate of drug-likeness (QED) is 0.686. The molecule has 0 fully saturated rings. The van der Waals surface area contributed by atoms with Gasteiger partial charge in [0.1, 0.15) is 5.82 Å². The normalized spacial score (nSPS) is 16.2. The van der Waals surface area contributed by atoms with Crippen LogP contribution in [0.1, 0.15) is 25.2 Å². The third-order valence-electron chi connectivity index (χ3n) is 4.95. The molecule has 28 heavy (non-hydrogen) atoms. The second-order valence-electron chi connectivity index (χ2n) is 7.19. The van der Waals surface area contributed by atoms with Crippen LogP contribution in [-0.2, 0) is 21.6 Å². The number of nitrogens with two attached hydrogens (primary N) is 1. The van der Waals surface area contributed by atoms with Crippen molar-refractivity contribution in [1.29, 1.82) is 0 Å². The van der Waals surface area contributed by atoms with Gasteiger partial charge in [-0.15, -0.1) is 5.14 Å². The number of amides is 1. The molecule has 3 heterocycles. The van der Waals surface area contributed by atoms with Gasteiger partial charge in [0.25, 0.3) is 0 Å². The van der Waals surface area contributed by atoms with E-state index in [4.69, 9.17) is 5.14 Å². The third-order valence-corrected chi connectivity index (χ3v) is 5.64. The molecule has 0 radical (unpaired) electrons. The molecule has 2 N–H and O–H groups in total. The van der Waals surface area contributed by atoms with Crippen molar-refractivity contribution in [2.75, 3.05) is 4.90 Å². The van der Waals surface area contributed by atoms with E-state index in [0.29, 0.717) is 16.4 Å². The van der Waals surface area contributed by atoms with Gasteiger partial charge in [-0.1, -0.05) is 12.1 Å². The molecule has 8 heteroatoms. The van der Waals surface area contributed by atoms with E-state index in [2.05, 4.69) is 15.0 Å². The van der Waals surface area contributed by atoms with Crippen molar-refractivity contribution in [2.24, 2.45) is 5.14 Å². The number of aryl methyl sites for hydroxylation is 1. The molecule has 1 aromatic carbocycles. The lowest BCUT2D eigenvalue weighted by molar-refractivity contribution is -0.121. The summed E-state index contributed by atoms with van der Waals surface area (Å²) < 4.78 is 11.7. The summed E-state index contributed by atoms with van der Waals surface area (Å²) in [5, 5.41) is 5.49. The summed E-state index contributed by atoms with van der Waals surface area (Å²) in [6.45, 7) is 5.61. The molecule has 142 valence electrons. The predicted molar refractivity (Wildman–Crippen MR) is 107 cm³/mol. The molecule has 1 aliphatic rings. The van der Waals surface area contributed by atoms with Crippen molar-refractivity contribution in [3.05, 3.63) is 60.4 Å².